The van der Waals surface area contributed by atoms with Crippen molar-refractivity contribution in [3.63, 3.8) is 0 Å². The standard InChI is InChI=1S/C16H16BrN3/c1-2-8-18-10-19-15-5-3-4-12-13-9-11(17)6-7-14(13)20-16(12)15/h1,6-7,9-10,15,20H,3-5,8H2,(H,18,19). The Kier molecular flexibility index (Phi) is 3.79. The molecule has 1 unspecified atom stereocenters. The summed E-state index contributed by atoms with van der Waals surface area (Å²) in [7, 11) is 0. The van der Waals surface area contributed by atoms with E-state index in [-0.39, 0.29) is 0 Å². The normalized spacial score (nSPS) is 18.1. The van der Waals surface area contributed by atoms with E-state index in [4.69, 9.17) is 6.42 Å². The van der Waals surface area contributed by atoms with Crippen molar-refractivity contribution in [1.82, 2.24) is 10.3 Å². The van der Waals surface area contributed by atoms with Gasteiger partial charge in [0.2, 0.25) is 0 Å². The van der Waals surface area contributed by atoms with Gasteiger partial charge in [-0.15, -0.1) is 6.42 Å². The smallest absolute Gasteiger partial charge is 0.101 e. The number of halogens is 1. The number of benzene rings is 1. The van der Waals surface area contributed by atoms with E-state index in [0.29, 0.717) is 12.6 Å². The largest absolute Gasteiger partial charge is 0.368 e. The Hall–Kier alpha value is -1.73. The van der Waals surface area contributed by atoms with Gasteiger partial charge in [0.05, 0.1) is 12.4 Å². The molecule has 1 aliphatic carbocycles. The summed E-state index contributed by atoms with van der Waals surface area (Å²) in [6.45, 7) is 0.423. The molecular formula is C16H16BrN3. The zero-order valence-corrected chi connectivity index (χ0v) is 12.7. The van der Waals surface area contributed by atoms with Crippen LogP contribution < -0.4 is 5.32 Å². The topological polar surface area (TPSA) is 40.2 Å². The van der Waals surface area contributed by atoms with Crippen LogP contribution in [-0.2, 0) is 6.42 Å². The molecule has 1 aromatic heterocycles. The predicted molar refractivity (Wildman–Crippen MR) is 87.0 cm³/mol. The van der Waals surface area contributed by atoms with Crippen LogP contribution in [0, 0.1) is 12.3 Å². The minimum atomic E-state index is 0.298. The van der Waals surface area contributed by atoms with E-state index in [2.05, 4.69) is 55.3 Å². The van der Waals surface area contributed by atoms with Gasteiger partial charge in [0.1, 0.15) is 6.54 Å². The van der Waals surface area contributed by atoms with Crippen molar-refractivity contribution in [2.45, 2.75) is 25.3 Å². The van der Waals surface area contributed by atoms with Crippen molar-refractivity contribution >= 4 is 33.2 Å². The van der Waals surface area contributed by atoms with Gasteiger partial charge in [-0.25, -0.2) is 0 Å². The van der Waals surface area contributed by atoms with Crippen LogP contribution in [0.1, 0.15) is 30.1 Å². The Morgan fingerprint density at radius 2 is 2.45 bits per heavy atom. The van der Waals surface area contributed by atoms with Crippen molar-refractivity contribution in [2.24, 2.45) is 4.99 Å². The highest BCUT2D eigenvalue weighted by Crippen LogP contribution is 2.35. The van der Waals surface area contributed by atoms with E-state index in [0.717, 1.165) is 17.3 Å². The number of aliphatic imine (C=N–C) groups is 1. The fraction of sp³-hybridized carbons (Fsp3) is 0.312. The van der Waals surface area contributed by atoms with Crippen molar-refractivity contribution in [2.75, 3.05) is 6.54 Å². The molecule has 1 aliphatic rings. The fourth-order valence-electron chi connectivity index (χ4n) is 2.84. The lowest BCUT2D eigenvalue weighted by molar-refractivity contribution is 0.523. The third-order valence-electron chi connectivity index (χ3n) is 3.72. The Morgan fingerprint density at radius 3 is 3.30 bits per heavy atom. The van der Waals surface area contributed by atoms with Crippen LogP contribution in [0.3, 0.4) is 0 Å². The molecule has 0 radical (unpaired) electrons. The number of H-pyrrole nitrogens is 1. The SMILES string of the molecule is C#CCN=CNC1CCCc2c1[nH]c1ccc(Br)cc21. The van der Waals surface area contributed by atoms with Gasteiger partial charge in [-0.05, 0) is 43.0 Å². The number of hydrogen-bond donors (Lipinski definition) is 2. The zero-order chi connectivity index (χ0) is 13.9. The molecule has 0 fully saturated rings. The molecule has 2 N–H and O–H groups in total. The molecule has 0 spiro atoms. The molecule has 0 aliphatic heterocycles. The zero-order valence-electron chi connectivity index (χ0n) is 11.1. The van der Waals surface area contributed by atoms with Gasteiger partial charge < -0.3 is 10.3 Å². The second kappa shape index (κ2) is 5.72. The van der Waals surface area contributed by atoms with Crippen LogP contribution in [0.2, 0.25) is 0 Å². The van der Waals surface area contributed by atoms with Gasteiger partial charge in [-0.2, -0.15) is 0 Å². The molecule has 4 heteroatoms. The summed E-state index contributed by atoms with van der Waals surface area (Å²) in [5.74, 6) is 2.50. The summed E-state index contributed by atoms with van der Waals surface area (Å²) in [6, 6.07) is 6.69. The van der Waals surface area contributed by atoms with Gasteiger partial charge >= 0.3 is 0 Å². The van der Waals surface area contributed by atoms with Gasteiger partial charge in [0.25, 0.3) is 0 Å². The molecule has 1 heterocycles. The molecule has 0 saturated heterocycles. The monoisotopic (exact) mass is 329 g/mol. The van der Waals surface area contributed by atoms with Crippen molar-refractivity contribution in [3.8, 4) is 12.3 Å². The second-order valence-corrected chi connectivity index (χ2v) is 5.91. The van der Waals surface area contributed by atoms with Crippen LogP contribution in [0.25, 0.3) is 10.9 Å². The average molecular weight is 330 g/mol. The summed E-state index contributed by atoms with van der Waals surface area (Å²) in [6.07, 6.45) is 10.4. The minimum Gasteiger partial charge on any atom is -0.368 e. The molecule has 1 atom stereocenters. The van der Waals surface area contributed by atoms with E-state index < -0.39 is 0 Å². The van der Waals surface area contributed by atoms with Crippen LogP contribution in [0.15, 0.2) is 27.7 Å². The van der Waals surface area contributed by atoms with Crippen LogP contribution in [-0.4, -0.2) is 17.9 Å². The lowest BCUT2D eigenvalue weighted by Gasteiger charge is -2.22. The number of rotatable bonds is 3. The summed E-state index contributed by atoms with van der Waals surface area (Å²) in [4.78, 5) is 7.68. The molecule has 0 saturated carbocycles. The lowest BCUT2D eigenvalue weighted by Crippen LogP contribution is -2.24. The molecule has 0 bridgehead atoms. The van der Waals surface area contributed by atoms with E-state index in [1.165, 1.54) is 28.6 Å². The molecule has 3 rings (SSSR count). The van der Waals surface area contributed by atoms with Crippen LogP contribution >= 0.6 is 15.9 Å². The quantitative estimate of drug-likeness (QED) is 0.504. The van der Waals surface area contributed by atoms with Crippen molar-refractivity contribution in [3.05, 3.63) is 33.9 Å². The molecular weight excluding hydrogens is 314 g/mol. The van der Waals surface area contributed by atoms with Crippen LogP contribution in [0.4, 0.5) is 0 Å². The van der Waals surface area contributed by atoms with Crippen molar-refractivity contribution in [1.29, 1.82) is 0 Å². The highest BCUT2D eigenvalue weighted by molar-refractivity contribution is 9.10. The summed E-state index contributed by atoms with van der Waals surface area (Å²) in [5.41, 5.74) is 3.92. The molecule has 0 amide bonds. The van der Waals surface area contributed by atoms with E-state index in [1.807, 2.05) is 0 Å². The average Bonchev–Trinajstić information content (AvgIpc) is 2.82. The maximum absolute atomic E-state index is 5.19. The third kappa shape index (κ3) is 2.46. The number of nitrogens with one attached hydrogen (secondary N) is 2. The fourth-order valence-corrected chi connectivity index (χ4v) is 3.20. The Bertz CT molecular complexity index is 694. The molecule has 1 aromatic carbocycles. The summed E-state index contributed by atoms with van der Waals surface area (Å²) < 4.78 is 1.12. The van der Waals surface area contributed by atoms with E-state index in [1.54, 1.807) is 6.34 Å². The first kappa shape index (κ1) is 13.3. The number of nitrogens with zero attached hydrogens (tertiary/aromatic N) is 1. The Morgan fingerprint density at radius 1 is 1.55 bits per heavy atom. The number of aromatic nitrogens is 1. The maximum Gasteiger partial charge on any atom is 0.101 e. The van der Waals surface area contributed by atoms with Gasteiger partial charge in [0.15, 0.2) is 0 Å². The van der Waals surface area contributed by atoms with Gasteiger partial charge in [-0.3, -0.25) is 4.99 Å². The minimum absolute atomic E-state index is 0.298. The summed E-state index contributed by atoms with van der Waals surface area (Å²) >= 11 is 3.55. The van der Waals surface area contributed by atoms with Gasteiger partial charge in [-0.1, -0.05) is 21.9 Å². The van der Waals surface area contributed by atoms with E-state index in [9.17, 15) is 0 Å². The highest BCUT2D eigenvalue weighted by atomic mass is 79.9. The molecule has 2 aromatic rings. The number of hydrogen-bond acceptors (Lipinski definition) is 1. The number of fused-ring (bicyclic) bond motifs is 3. The predicted octanol–water partition coefficient (Wildman–Crippen LogP) is 3.56. The van der Waals surface area contributed by atoms with Crippen molar-refractivity contribution < 1.29 is 0 Å². The third-order valence-corrected chi connectivity index (χ3v) is 4.21. The first-order chi connectivity index (χ1) is 9.79. The van der Waals surface area contributed by atoms with Crippen LogP contribution in [0.5, 0.6) is 0 Å². The molecule has 20 heavy (non-hydrogen) atoms. The first-order valence-corrected chi connectivity index (χ1v) is 7.56. The summed E-state index contributed by atoms with van der Waals surface area (Å²) in [5, 5.41) is 4.68. The molecule has 102 valence electrons. The lowest BCUT2D eigenvalue weighted by atomic mass is 9.92. The molecule has 3 nitrogen and oxygen atoms in total. The maximum atomic E-state index is 5.19. The Labute approximate surface area is 127 Å². The number of terminal acetylenes is 1. The second-order valence-electron chi connectivity index (χ2n) is 4.99. The van der Waals surface area contributed by atoms with Gasteiger partial charge in [0, 0.05) is 21.1 Å². The Balaban J connectivity index is 1.93. The first-order valence-electron chi connectivity index (χ1n) is 6.77. The number of aryl methyl sites for hydroxylation is 1. The van der Waals surface area contributed by atoms with E-state index >= 15 is 0 Å². The number of aromatic amines is 1. The highest BCUT2D eigenvalue weighted by Gasteiger charge is 2.23.